The van der Waals surface area contributed by atoms with Crippen molar-refractivity contribution in [2.75, 3.05) is 36.0 Å². The van der Waals surface area contributed by atoms with Crippen LogP contribution < -0.4 is 15.4 Å². The van der Waals surface area contributed by atoms with E-state index in [9.17, 15) is 4.79 Å². The maximum atomic E-state index is 11.2. The molecule has 4 rings (SSSR count). The summed E-state index contributed by atoms with van der Waals surface area (Å²) in [5.74, 6) is 1.82. The van der Waals surface area contributed by atoms with Gasteiger partial charge in [0.2, 0.25) is 0 Å². The van der Waals surface area contributed by atoms with Gasteiger partial charge in [0, 0.05) is 32.2 Å². The first kappa shape index (κ1) is 14.1. The summed E-state index contributed by atoms with van der Waals surface area (Å²) in [6, 6.07) is 5.38. The van der Waals surface area contributed by atoms with E-state index >= 15 is 0 Å². The number of anilines is 2. The van der Waals surface area contributed by atoms with Crippen molar-refractivity contribution in [1.82, 2.24) is 20.2 Å². The van der Waals surface area contributed by atoms with Crippen molar-refractivity contribution in [2.45, 2.75) is 6.42 Å². The molecule has 0 radical (unpaired) electrons. The van der Waals surface area contributed by atoms with Gasteiger partial charge in [-0.15, -0.1) is 11.3 Å². The fourth-order valence-electron chi connectivity index (χ4n) is 2.90. The summed E-state index contributed by atoms with van der Waals surface area (Å²) in [5, 5.41) is 9.80. The number of nitrogens with one attached hydrogen (secondary N) is 1. The minimum atomic E-state index is -0.175. The molecule has 0 amide bonds. The third-order valence-electron chi connectivity index (χ3n) is 4.02. The van der Waals surface area contributed by atoms with Gasteiger partial charge >= 0.3 is 0 Å². The molecule has 1 N–H and O–H groups in total. The van der Waals surface area contributed by atoms with E-state index in [1.165, 1.54) is 6.07 Å². The summed E-state index contributed by atoms with van der Waals surface area (Å²) in [6.45, 7) is 3.56. The van der Waals surface area contributed by atoms with Gasteiger partial charge in [-0.3, -0.25) is 4.79 Å². The highest BCUT2D eigenvalue weighted by Crippen LogP contribution is 2.27. The Morgan fingerprint density at radius 3 is 2.78 bits per heavy atom. The van der Waals surface area contributed by atoms with Crippen LogP contribution in [-0.2, 0) is 0 Å². The lowest BCUT2D eigenvalue weighted by atomic mass is 10.3. The first-order valence-corrected chi connectivity index (χ1v) is 8.43. The van der Waals surface area contributed by atoms with Crippen LogP contribution >= 0.6 is 11.3 Å². The predicted molar refractivity (Wildman–Crippen MR) is 91.3 cm³/mol. The van der Waals surface area contributed by atoms with Crippen LogP contribution in [0.3, 0.4) is 0 Å². The number of rotatable bonds is 2. The molecule has 0 aromatic carbocycles. The molecule has 0 atom stereocenters. The zero-order valence-corrected chi connectivity index (χ0v) is 13.3. The Kier molecular flexibility index (Phi) is 3.66. The van der Waals surface area contributed by atoms with Crippen molar-refractivity contribution in [2.24, 2.45) is 0 Å². The van der Waals surface area contributed by atoms with Crippen LogP contribution in [0.4, 0.5) is 11.6 Å². The van der Waals surface area contributed by atoms with Crippen molar-refractivity contribution >= 4 is 33.2 Å². The van der Waals surface area contributed by atoms with Gasteiger partial charge in [-0.2, -0.15) is 5.10 Å². The first-order valence-electron chi connectivity index (χ1n) is 7.55. The maximum absolute atomic E-state index is 11.2. The molecule has 1 aliphatic rings. The SMILES string of the molecule is O=c1ccc(N2CCCN(c3ncnc4sccc34)CC2)n[nH]1. The molecule has 0 aliphatic carbocycles. The second-order valence-electron chi connectivity index (χ2n) is 5.44. The summed E-state index contributed by atoms with van der Waals surface area (Å²) in [4.78, 5) is 25.5. The van der Waals surface area contributed by atoms with Crippen LogP contribution in [0.2, 0.25) is 0 Å². The number of hydrogen-bond acceptors (Lipinski definition) is 7. The quantitative estimate of drug-likeness (QED) is 0.768. The summed E-state index contributed by atoms with van der Waals surface area (Å²) in [7, 11) is 0. The average Bonchev–Trinajstić information content (AvgIpc) is 2.93. The van der Waals surface area contributed by atoms with E-state index in [-0.39, 0.29) is 5.56 Å². The molecule has 118 valence electrons. The van der Waals surface area contributed by atoms with Gasteiger partial charge in [0.05, 0.1) is 5.39 Å². The molecule has 0 spiro atoms. The van der Waals surface area contributed by atoms with E-state index in [4.69, 9.17) is 0 Å². The Balaban J connectivity index is 1.56. The van der Waals surface area contributed by atoms with Crippen molar-refractivity contribution in [1.29, 1.82) is 0 Å². The standard InChI is InChI=1S/C15H16N6OS/c22-13-3-2-12(18-19-13)20-5-1-6-21(8-7-20)14-11-4-9-23-15(11)17-10-16-14/h2-4,9-10H,1,5-8H2,(H,19,22). The molecule has 0 saturated carbocycles. The molecule has 8 heteroatoms. The summed E-state index contributed by atoms with van der Waals surface area (Å²) in [6.07, 6.45) is 2.65. The monoisotopic (exact) mass is 328 g/mol. The number of hydrogen-bond donors (Lipinski definition) is 1. The number of aromatic nitrogens is 4. The van der Waals surface area contributed by atoms with E-state index in [2.05, 4.69) is 41.4 Å². The number of nitrogens with zero attached hydrogens (tertiary/aromatic N) is 5. The number of thiophene rings is 1. The third-order valence-corrected chi connectivity index (χ3v) is 4.85. The molecule has 1 aliphatic heterocycles. The van der Waals surface area contributed by atoms with E-state index in [1.807, 2.05) is 0 Å². The lowest BCUT2D eigenvalue weighted by molar-refractivity contribution is 0.782. The number of aromatic amines is 1. The minimum Gasteiger partial charge on any atom is -0.354 e. The highest BCUT2D eigenvalue weighted by molar-refractivity contribution is 7.16. The fourth-order valence-corrected chi connectivity index (χ4v) is 3.63. The Morgan fingerprint density at radius 1 is 1.04 bits per heavy atom. The van der Waals surface area contributed by atoms with Crippen molar-refractivity contribution in [3.63, 3.8) is 0 Å². The molecule has 1 fully saturated rings. The zero-order valence-electron chi connectivity index (χ0n) is 12.5. The first-order chi connectivity index (χ1) is 11.3. The van der Waals surface area contributed by atoms with E-state index in [1.54, 1.807) is 23.7 Å². The third kappa shape index (κ3) is 2.77. The van der Waals surface area contributed by atoms with Gasteiger partial charge in [-0.25, -0.2) is 15.1 Å². The van der Waals surface area contributed by atoms with Gasteiger partial charge in [0.25, 0.3) is 5.56 Å². The Morgan fingerprint density at radius 2 is 1.91 bits per heavy atom. The predicted octanol–water partition coefficient (Wildman–Crippen LogP) is 1.49. The van der Waals surface area contributed by atoms with Crippen LogP contribution in [0.25, 0.3) is 10.2 Å². The van der Waals surface area contributed by atoms with E-state index < -0.39 is 0 Å². The van der Waals surface area contributed by atoms with Crippen LogP contribution in [0.1, 0.15) is 6.42 Å². The van der Waals surface area contributed by atoms with Crippen molar-refractivity contribution < 1.29 is 0 Å². The van der Waals surface area contributed by atoms with Crippen LogP contribution in [-0.4, -0.2) is 46.3 Å². The Hall–Kier alpha value is -2.48. The van der Waals surface area contributed by atoms with Gasteiger partial charge in [0.1, 0.15) is 22.8 Å². The largest absolute Gasteiger partial charge is 0.354 e. The summed E-state index contributed by atoms with van der Waals surface area (Å²) < 4.78 is 0. The zero-order chi connectivity index (χ0) is 15.6. The molecule has 3 aromatic heterocycles. The number of fused-ring (bicyclic) bond motifs is 1. The molecular formula is C15H16N6OS. The van der Waals surface area contributed by atoms with Crippen LogP contribution in [0.15, 0.2) is 34.7 Å². The minimum absolute atomic E-state index is 0.175. The summed E-state index contributed by atoms with van der Waals surface area (Å²) >= 11 is 1.64. The van der Waals surface area contributed by atoms with E-state index in [0.29, 0.717) is 0 Å². The Labute approximate surface area is 136 Å². The molecule has 0 unspecified atom stereocenters. The van der Waals surface area contributed by atoms with Crippen LogP contribution in [0, 0.1) is 0 Å². The molecule has 3 aromatic rings. The normalized spacial score (nSPS) is 15.8. The summed E-state index contributed by atoms with van der Waals surface area (Å²) in [5.41, 5.74) is -0.175. The molecule has 7 nitrogen and oxygen atoms in total. The fraction of sp³-hybridized carbons (Fsp3) is 0.333. The maximum Gasteiger partial charge on any atom is 0.264 e. The average molecular weight is 328 g/mol. The van der Waals surface area contributed by atoms with Crippen molar-refractivity contribution in [3.8, 4) is 0 Å². The smallest absolute Gasteiger partial charge is 0.264 e. The second kappa shape index (κ2) is 5.96. The van der Waals surface area contributed by atoms with Gasteiger partial charge < -0.3 is 9.80 Å². The second-order valence-corrected chi connectivity index (χ2v) is 6.34. The molecule has 4 heterocycles. The van der Waals surface area contributed by atoms with Crippen LogP contribution in [0.5, 0.6) is 0 Å². The van der Waals surface area contributed by atoms with Gasteiger partial charge in [-0.05, 0) is 23.9 Å². The number of H-pyrrole nitrogens is 1. The molecular weight excluding hydrogens is 312 g/mol. The lowest BCUT2D eigenvalue weighted by Crippen LogP contribution is -2.32. The van der Waals surface area contributed by atoms with Gasteiger partial charge in [0.15, 0.2) is 0 Å². The molecule has 23 heavy (non-hydrogen) atoms. The van der Waals surface area contributed by atoms with E-state index in [0.717, 1.165) is 54.5 Å². The molecule has 0 bridgehead atoms. The Bertz CT molecular complexity index is 855. The molecule has 1 saturated heterocycles. The lowest BCUT2D eigenvalue weighted by Gasteiger charge is -2.23. The highest BCUT2D eigenvalue weighted by Gasteiger charge is 2.19. The topological polar surface area (TPSA) is 78.0 Å². The van der Waals surface area contributed by atoms with Gasteiger partial charge in [-0.1, -0.05) is 0 Å². The van der Waals surface area contributed by atoms with Crippen molar-refractivity contribution in [3.05, 3.63) is 40.3 Å². The highest BCUT2D eigenvalue weighted by atomic mass is 32.1.